The van der Waals surface area contributed by atoms with E-state index in [1.807, 2.05) is 12.4 Å². The van der Waals surface area contributed by atoms with Crippen molar-refractivity contribution in [3.05, 3.63) is 42.2 Å². The number of hydrogen-bond donors (Lipinski definition) is 0. The summed E-state index contributed by atoms with van der Waals surface area (Å²) in [6, 6.07) is 9.42. The Bertz CT molecular complexity index is 902. The topological polar surface area (TPSA) is 12.9 Å². The first-order valence-electron chi connectivity index (χ1n) is 12.5. The second-order valence-corrected chi connectivity index (χ2v) is 11.5. The van der Waals surface area contributed by atoms with Crippen molar-refractivity contribution in [2.45, 2.75) is 77.6 Å². The number of aromatic nitrogens is 1. The predicted octanol–water partition coefficient (Wildman–Crippen LogP) is 7.61. The molecule has 1 aromatic heterocycles. The van der Waals surface area contributed by atoms with Crippen LogP contribution < -0.4 is 0 Å². The van der Waals surface area contributed by atoms with E-state index in [1.54, 1.807) is 12.0 Å². The first-order chi connectivity index (χ1) is 14.1. The molecule has 0 bridgehead atoms. The lowest BCUT2D eigenvalue weighted by molar-refractivity contribution is -0.0594. The van der Waals surface area contributed by atoms with Crippen molar-refractivity contribution in [2.75, 3.05) is 0 Å². The Morgan fingerprint density at radius 1 is 0.862 bits per heavy atom. The molecule has 4 saturated carbocycles. The maximum atomic E-state index is 4.30. The first kappa shape index (κ1) is 18.4. The number of benzene rings is 1. The fraction of sp³-hybridized carbons (Fsp3) is 0.679. The molecule has 1 nitrogen and oxygen atoms in total. The fourth-order valence-corrected chi connectivity index (χ4v) is 8.95. The van der Waals surface area contributed by atoms with Gasteiger partial charge < -0.3 is 0 Å². The van der Waals surface area contributed by atoms with Gasteiger partial charge in [0.2, 0.25) is 0 Å². The number of pyridine rings is 1. The van der Waals surface area contributed by atoms with Crippen LogP contribution in [0.3, 0.4) is 0 Å². The van der Waals surface area contributed by atoms with Gasteiger partial charge in [-0.2, -0.15) is 0 Å². The van der Waals surface area contributed by atoms with Crippen molar-refractivity contribution < 1.29 is 0 Å². The summed E-state index contributed by atoms with van der Waals surface area (Å²) in [4.78, 5) is 4.30. The van der Waals surface area contributed by atoms with Gasteiger partial charge in [-0.25, -0.2) is 0 Å². The van der Waals surface area contributed by atoms with E-state index in [-0.39, 0.29) is 0 Å². The van der Waals surface area contributed by atoms with Crippen molar-refractivity contribution in [1.29, 1.82) is 0 Å². The summed E-state index contributed by atoms with van der Waals surface area (Å²) in [5.74, 6) is 6.94. The van der Waals surface area contributed by atoms with Gasteiger partial charge in [-0.05, 0) is 115 Å². The van der Waals surface area contributed by atoms with Crippen LogP contribution in [0.5, 0.6) is 0 Å². The SMILES string of the molecule is C[C@H]1CC[C@H]2[C@@H](CC[C@@H]3[C@@H]2CC[C@]2(C)[C@@H](c4ccc5cnccc5c4)CC[C@@H]32)C1. The molecular weight excluding hydrogens is 350 g/mol. The van der Waals surface area contributed by atoms with Gasteiger partial charge in [-0.1, -0.05) is 38.5 Å². The van der Waals surface area contributed by atoms with Crippen LogP contribution in [0.4, 0.5) is 0 Å². The zero-order valence-electron chi connectivity index (χ0n) is 18.3. The van der Waals surface area contributed by atoms with Crippen LogP contribution in [0.15, 0.2) is 36.7 Å². The highest BCUT2D eigenvalue weighted by molar-refractivity contribution is 5.82. The average molecular weight is 388 g/mol. The van der Waals surface area contributed by atoms with E-state index in [0.717, 1.165) is 41.4 Å². The highest BCUT2D eigenvalue weighted by atomic mass is 14.6. The van der Waals surface area contributed by atoms with Crippen molar-refractivity contribution in [2.24, 2.45) is 40.9 Å². The van der Waals surface area contributed by atoms with Gasteiger partial charge in [0.25, 0.3) is 0 Å². The number of fused-ring (bicyclic) bond motifs is 6. The fourth-order valence-electron chi connectivity index (χ4n) is 8.95. The maximum Gasteiger partial charge on any atom is 0.0346 e. The molecule has 4 aliphatic carbocycles. The Balaban J connectivity index is 1.29. The van der Waals surface area contributed by atoms with Crippen molar-refractivity contribution in [3.63, 3.8) is 0 Å². The van der Waals surface area contributed by atoms with E-state index >= 15 is 0 Å². The molecule has 0 amide bonds. The molecule has 0 N–H and O–H groups in total. The lowest BCUT2D eigenvalue weighted by atomic mass is 9.49. The van der Waals surface area contributed by atoms with Crippen LogP contribution in [0.25, 0.3) is 10.8 Å². The van der Waals surface area contributed by atoms with Crippen LogP contribution in [-0.4, -0.2) is 4.98 Å². The van der Waals surface area contributed by atoms with E-state index in [9.17, 15) is 0 Å². The van der Waals surface area contributed by atoms with Crippen LogP contribution >= 0.6 is 0 Å². The zero-order valence-corrected chi connectivity index (χ0v) is 18.3. The number of rotatable bonds is 1. The molecule has 0 saturated heterocycles. The normalized spacial score (nSPS) is 44.1. The van der Waals surface area contributed by atoms with Gasteiger partial charge in [-0.3, -0.25) is 4.98 Å². The second kappa shape index (κ2) is 6.82. The summed E-state index contributed by atoms with van der Waals surface area (Å²) in [7, 11) is 0. The molecule has 4 fully saturated rings. The van der Waals surface area contributed by atoms with Crippen molar-refractivity contribution >= 4 is 10.8 Å². The summed E-state index contributed by atoms with van der Waals surface area (Å²) in [5, 5.41) is 2.65. The quantitative estimate of drug-likeness (QED) is 0.491. The minimum atomic E-state index is 0.524. The Labute approximate surface area is 176 Å². The summed E-state index contributed by atoms with van der Waals surface area (Å²) in [5.41, 5.74) is 2.13. The van der Waals surface area contributed by atoms with Crippen molar-refractivity contribution in [1.82, 2.24) is 4.98 Å². The Morgan fingerprint density at radius 2 is 1.76 bits per heavy atom. The maximum absolute atomic E-state index is 4.30. The third kappa shape index (κ3) is 2.82. The Kier molecular flexibility index (Phi) is 4.33. The lowest BCUT2D eigenvalue weighted by Crippen LogP contribution is -2.48. The highest BCUT2D eigenvalue weighted by Gasteiger charge is 2.57. The molecule has 0 radical (unpaired) electrons. The lowest BCUT2D eigenvalue weighted by Gasteiger charge is -2.56. The summed E-state index contributed by atoms with van der Waals surface area (Å²) in [6.45, 7) is 5.18. The van der Waals surface area contributed by atoms with Crippen molar-refractivity contribution in [3.8, 4) is 0 Å². The molecular formula is C28H37N. The molecule has 0 spiro atoms. The van der Waals surface area contributed by atoms with Gasteiger partial charge in [-0.15, -0.1) is 0 Å². The molecule has 4 aliphatic rings. The molecule has 8 atom stereocenters. The monoisotopic (exact) mass is 387 g/mol. The zero-order chi connectivity index (χ0) is 19.6. The van der Waals surface area contributed by atoms with E-state index in [2.05, 4.69) is 43.1 Å². The van der Waals surface area contributed by atoms with Crippen LogP contribution in [0.1, 0.15) is 83.1 Å². The third-order valence-corrected chi connectivity index (χ3v) is 10.3. The van der Waals surface area contributed by atoms with Gasteiger partial charge in [0.1, 0.15) is 0 Å². The summed E-state index contributed by atoms with van der Waals surface area (Å²) >= 11 is 0. The van der Waals surface area contributed by atoms with Crippen LogP contribution in [-0.2, 0) is 0 Å². The molecule has 1 heteroatoms. The minimum absolute atomic E-state index is 0.524. The summed E-state index contributed by atoms with van der Waals surface area (Å²) < 4.78 is 0. The van der Waals surface area contributed by atoms with E-state index in [4.69, 9.17) is 0 Å². The van der Waals surface area contributed by atoms with Crippen LogP contribution in [0.2, 0.25) is 0 Å². The Hall–Kier alpha value is -1.37. The molecule has 6 rings (SSSR count). The second-order valence-electron chi connectivity index (χ2n) is 11.5. The van der Waals surface area contributed by atoms with Gasteiger partial charge in [0.15, 0.2) is 0 Å². The molecule has 0 unspecified atom stereocenters. The van der Waals surface area contributed by atoms with E-state index in [1.165, 1.54) is 62.1 Å². The standard InChI is InChI=1S/C28H37N/c1-18-3-7-23-20(15-18)6-8-25-24(23)11-13-28(2)26(9-10-27(25)28)21-4-5-22-17-29-14-12-19(22)16-21/h4-5,12,14,16-18,20,23-27H,3,6-11,13,15H2,1-2H3/t18-,20-,23-,24+,25+,26+,27-,28+/m0/s1. The number of nitrogens with zero attached hydrogens (tertiary/aromatic N) is 1. The smallest absolute Gasteiger partial charge is 0.0346 e. The highest BCUT2D eigenvalue weighted by Crippen LogP contribution is 2.66. The molecule has 1 heterocycles. The average Bonchev–Trinajstić information content (AvgIpc) is 3.10. The number of hydrogen-bond acceptors (Lipinski definition) is 1. The molecule has 0 aliphatic heterocycles. The molecule has 1 aromatic carbocycles. The minimum Gasteiger partial charge on any atom is -0.264 e. The van der Waals surface area contributed by atoms with Crippen LogP contribution in [0, 0.1) is 40.9 Å². The molecule has 29 heavy (non-hydrogen) atoms. The first-order valence-corrected chi connectivity index (χ1v) is 12.5. The van der Waals surface area contributed by atoms with Gasteiger partial charge in [0, 0.05) is 17.8 Å². The van der Waals surface area contributed by atoms with Gasteiger partial charge >= 0.3 is 0 Å². The predicted molar refractivity (Wildman–Crippen MR) is 121 cm³/mol. The third-order valence-electron chi connectivity index (χ3n) is 10.3. The Morgan fingerprint density at radius 3 is 2.69 bits per heavy atom. The summed E-state index contributed by atoms with van der Waals surface area (Å²) in [6.07, 6.45) is 17.5. The largest absolute Gasteiger partial charge is 0.264 e. The van der Waals surface area contributed by atoms with Gasteiger partial charge in [0.05, 0.1) is 0 Å². The molecule has 154 valence electrons. The van der Waals surface area contributed by atoms with E-state index < -0.39 is 0 Å². The van der Waals surface area contributed by atoms with E-state index in [0.29, 0.717) is 5.41 Å². The molecule has 2 aromatic rings.